The molecular weight excluding hydrogens is 435 g/mol. The normalized spacial score (nSPS) is 11.0. The minimum absolute atomic E-state index is 0.171. The highest BCUT2D eigenvalue weighted by molar-refractivity contribution is 6.06. The molecule has 2 amide bonds. The molecule has 8 heteroatoms. The number of methoxy groups -OCH3 is 1. The summed E-state index contributed by atoms with van der Waals surface area (Å²) in [6, 6.07) is 18.9. The van der Waals surface area contributed by atoms with E-state index < -0.39 is 5.91 Å². The smallest absolute Gasteiger partial charge is 0.255 e. The molecule has 4 rings (SSSR count). The van der Waals surface area contributed by atoms with Crippen molar-refractivity contribution in [1.82, 2.24) is 20.8 Å². The number of H-pyrrole nitrogens is 1. The minimum atomic E-state index is -0.441. The predicted molar refractivity (Wildman–Crippen MR) is 129 cm³/mol. The molecule has 0 bridgehead atoms. The summed E-state index contributed by atoms with van der Waals surface area (Å²) in [6.45, 7) is 0.208. The second-order valence-corrected chi connectivity index (χ2v) is 7.51. The third-order valence-electron chi connectivity index (χ3n) is 5.21. The highest BCUT2D eigenvalue weighted by Crippen LogP contribution is 2.32. The number of carbonyl (C=O) groups is 2. The third-order valence-corrected chi connectivity index (χ3v) is 5.21. The van der Waals surface area contributed by atoms with Gasteiger partial charge in [-0.05, 0) is 41.5 Å². The van der Waals surface area contributed by atoms with Gasteiger partial charge in [-0.2, -0.15) is 5.10 Å². The Morgan fingerprint density at radius 2 is 1.76 bits per heavy atom. The molecule has 0 aliphatic carbocycles. The van der Waals surface area contributed by atoms with Gasteiger partial charge in [0.25, 0.3) is 5.91 Å². The Bertz CT molecular complexity index is 1330. The van der Waals surface area contributed by atoms with Crippen molar-refractivity contribution in [2.45, 2.75) is 6.54 Å². The first-order valence-corrected chi connectivity index (χ1v) is 10.6. The molecule has 0 saturated heterocycles. The predicted octanol–water partition coefficient (Wildman–Crippen LogP) is 3.93. The fraction of sp³-hybridized carbons (Fsp3) is 0.115. The molecular formula is C26H23FN4O3. The van der Waals surface area contributed by atoms with Crippen LogP contribution in [0.5, 0.6) is 5.75 Å². The first-order chi connectivity index (χ1) is 16.5. The first kappa shape index (κ1) is 22.7. The summed E-state index contributed by atoms with van der Waals surface area (Å²) in [5, 5.41) is 13.3. The molecule has 7 nitrogen and oxygen atoms in total. The zero-order chi connectivity index (χ0) is 23.9. The molecule has 0 unspecified atom stereocenters. The van der Waals surface area contributed by atoms with Crippen LogP contribution >= 0.6 is 0 Å². The molecule has 1 aromatic heterocycles. The Morgan fingerprint density at radius 1 is 1.00 bits per heavy atom. The zero-order valence-corrected chi connectivity index (χ0v) is 18.5. The molecule has 0 atom stereocenters. The van der Waals surface area contributed by atoms with E-state index in [0.29, 0.717) is 28.9 Å². The van der Waals surface area contributed by atoms with Gasteiger partial charge in [-0.15, -0.1) is 0 Å². The highest BCUT2D eigenvalue weighted by atomic mass is 19.1. The van der Waals surface area contributed by atoms with E-state index in [1.807, 2.05) is 30.3 Å². The van der Waals surface area contributed by atoms with E-state index in [-0.39, 0.29) is 23.8 Å². The number of carbonyl (C=O) groups excluding carboxylic acids is 2. The lowest BCUT2D eigenvalue weighted by Gasteiger charge is -2.11. The van der Waals surface area contributed by atoms with Gasteiger partial charge >= 0.3 is 0 Å². The van der Waals surface area contributed by atoms with Crippen LogP contribution in [-0.2, 0) is 11.3 Å². The summed E-state index contributed by atoms with van der Waals surface area (Å²) in [4.78, 5) is 25.0. The maximum absolute atomic E-state index is 13.1. The Kier molecular flexibility index (Phi) is 6.98. The van der Waals surface area contributed by atoms with Crippen LogP contribution in [0.2, 0.25) is 0 Å². The number of nitrogens with zero attached hydrogens (tertiary/aromatic N) is 1. The van der Waals surface area contributed by atoms with Crippen molar-refractivity contribution in [3.05, 3.63) is 94.9 Å². The molecule has 0 fully saturated rings. The van der Waals surface area contributed by atoms with E-state index in [9.17, 15) is 14.0 Å². The quantitative estimate of drug-likeness (QED) is 0.373. The van der Waals surface area contributed by atoms with Gasteiger partial charge in [0.05, 0.1) is 35.8 Å². The molecule has 0 aliphatic heterocycles. The van der Waals surface area contributed by atoms with Crippen LogP contribution in [0.1, 0.15) is 27.2 Å². The van der Waals surface area contributed by atoms with Gasteiger partial charge in [-0.1, -0.05) is 48.5 Å². The lowest BCUT2D eigenvalue weighted by molar-refractivity contribution is -0.120. The average Bonchev–Trinajstić information content (AvgIpc) is 3.29. The summed E-state index contributed by atoms with van der Waals surface area (Å²) < 4.78 is 18.7. The molecule has 0 spiro atoms. The van der Waals surface area contributed by atoms with E-state index in [4.69, 9.17) is 4.74 Å². The number of aromatic amines is 1. The first-order valence-electron chi connectivity index (χ1n) is 10.6. The van der Waals surface area contributed by atoms with Gasteiger partial charge in [0.15, 0.2) is 0 Å². The number of nitrogens with one attached hydrogen (secondary N) is 3. The van der Waals surface area contributed by atoms with Gasteiger partial charge in [0.1, 0.15) is 11.6 Å². The molecule has 3 aromatic carbocycles. The van der Waals surface area contributed by atoms with Crippen molar-refractivity contribution in [1.29, 1.82) is 0 Å². The number of benzene rings is 3. The highest BCUT2D eigenvalue weighted by Gasteiger charge is 2.19. The number of halogens is 1. The van der Waals surface area contributed by atoms with Crippen LogP contribution in [0, 0.1) is 5.82 Å². The molecule has 3 N–H and O–H groups in total. The fourth-order valence-corrected chi connectivity index (χ4v) is 3.48. The SMILES string of the molecule is COc1c(C(=O)NCC(=O)NCc2ccccc2)ccc2[nH]nc(/C=C/c3ccc(F)cc3)c12. The van der Waals surface area contributed by atoms with Crippen molar-refractivity contribution >= 4 is 34.9 Å². The zero-order valence-electron chi connectivity index (χ0n) is 18.5. The lowest BCUT2D eigenvalue weighted by Crippen LogP contribution is -2.36. The maximum Gasteiger partial charge on any atom is 0.255 e. The Hall–Kier alpha value is -4.46. The summed E-state index contributed by atoms with van der Waals surface area (Å²) in [5.41, 5.74) is 3.30. The van der Waals surface area contributed by atoms with Crippen LogP contribution in [0.3, 0.4) is 0 Å². The minimum Gasteiger partial charge on any atom is -0.495 e. The second kappa shape index (κ2) is 10.4. The summed E-state index contributed by atoms with van der Waals surface area (Å²) in [5.74, 6) is -0.715. The fourth-order valence-electron chi connectivity index (χ4n) is 3.48. The number of hydrogen-bond acceptors (Lipinski definition) is 4. The number of rotatable bonds is 8. The van der Waals surface area contributed by atoms with E-state index in [1.54, 1.807) is 36.4 Å². The van der Waals surface area contributed by atoms with Gasteiger partial charge < -0.3 is 15.4 Å². The molecule has 172 valence electrons. The largest absolute Gasteiger partial charge is 0.495 e. The number of fused-ring (bicyclic) bond motifs is 1. The Labute approximate surface area is 195 Å². The van der Waals surface area contributed by atoms with Crippen LogP contribution < -0.4 is 15.4 Å². The topological polar surface area (TPSA) is 96.1 Å². The summed E-state index contributed by atoms with van der Waals surface area (Å²) in [6.07, 6.45) is 3.55. The standard InChI is InChI=1S/C26H23FN4O3/c1-34-25-20(26(33)29-16-23(32)28-15-18-5-3-2-4-6-18)12-14-22-24(25)21(30-31-22)13-9-17-7-10-19(27)11-8-17/h2-14H,15-16H2,1H3,(H,28,32)(H,29,33)(H,30,31)/b13-9+. The lowest BCUT2D eigenvalue weighted by atomic mass is 10.1. The van der Waals surface area contributed by atoms with Crippen molar-refractivity contribution in [3.63, 3.8) is 0 Å². The monoisotopic (exact) mass is 458 g/mol. The van der Waals surface area contributed by atoms with Crippen LogP contribution in [0.4, 0.5) is 4.39 Å². The molecule has 34 heavy (non-hydrogen) atoms. The Morgan fingerprint density at radius 3 is 2.50 bits per heavy atom. The van der Waals surface area contributed by atoms with Crippen LogP contribution in [-0.4, -0.2) is 35.7 Å². The number of aromatic nitrogens is 2. The van der Waals surface area contributed by atoms with Gasteiger partial charge in [-0.3, -0.25) is 14.7 Å². The molecule has 0 aliphatic rings. The van der Waals surface area contributed by atoms with E-state index in [0.717, 1.165) is 11.1 Å². The van der Waals surface area contributed by atoms with E-state index >= 15 is 0 Å². The molecule has 0 radical (unpaired) electrons. The maximum atomic E-state index is 13.1. The second-order valence-electron chi connectivity index (χ2n) is 7.51. The number of ether oxygens (including phenoxy) is 1. The van der Waals surface area contributed by atoms with Crippen molar-refractivity contribution < 1.29 is 18.7 Å². The third kappa shape index (κ3) is 5.29. The molecule has 1 heterocycles. The van der Waals surface area contributed by atoms with Crippen LogP contribution in [0.15, 0.2) is 66.7 Å². The number of amides is 2. The average molecular weight is 458 g/mol. The molecule has 4 aromatic rings. The summed E-state index contributed by atoms with van der Waals surface area (Å²) >= 11 is 0. The van der Waals surface area contributed by atoms with Gasteiger partial charge in [0.2, 0.25) is 5.91 Å². The van der Waals surface area contributed by atoms with Crippen molar-refractivity contribution in [2.75, 3.05) is 13.7 Å². The van der Waals surface area contributed by atoms with E-state index in [1.165, 1.54) is 19.2 Å². The van der Waals surface area contributed by atoms with Crippen molar-refractivity contribution in [2.24, 2.45) is 0 Å². The van der Waals surface area contributed by atoms with Gasteiger partial charge in [0, 0.05) is 6.54 Å². The van der Waals surface area contributed by atoms with E-state index in [2.05, 4.69) is 20.8 Å². The summed E-state index contributed by atoms with van der Waals surface area (Å²) in [7, 11) is 1.47. The van der Waals surface area contributed by atoms with Crippen LogP contribution in [0.25, 0.3) is 23.1 Å². The number of hydrogen-bond donors (Lipinski definition) is 3. The van der Waals surface area contributed by atoms with Gasteiger partial charge in [-0.25, -0.2) is 4.39 Å². The molecule has 0 saturated carbocycles. The van der Waals surface area contributed by atoms with Crippen molar-refractivity contribution in [3.8, 4) is 5.75 Å². The Balaban J connectivity index is 1.48.